The topological polar surface area (TPSA) is 0 Å². The molecule has 0 bridgehead atoms. The third kappa shape index (κ3) is 3.99. The van der Waals surface area contributed by atoms with E-state index in [0.717, 1.165) is 6.42 Å². The summed E-state index contributed by atoms with van der Waals surface area (Å²) in [6.45, 7) is 9.56. The van der Waals surface area contributed by atoms with Crippen molar-refractivity contribution in [2.24, 2.45) is 0 Å². The smallest absolute Gasteiger partial charge is 0.00942 e. The zero-order chi connectivity index (χ0) is 10.4. The third-order valence-corrected chi connectivity index (χ3v) is 2.11. The number of hydrogen-bond donors (Lipinski definition) is 0. The van der Waals surface area contributed by atoms with Crippen LogP contribution in [0.15, 0.2) is 55.7 Å². The molecule has 0 spiro atoms. The highest BCUT2D eigenvalue weighted by Crippen LogP contribution is 2.19. The molecule has 80 valence electrons. The van der Waals surface area contributed by atoms with Crippen LogP contribution >= 0.6 is 0 Å². The summed E-state index contributed by atoms with van der Waals surface area (Å²) in [5.74, 6) is 0. The van der Waals surface area contributed by atoms with Crippen molar-refractivity contribution < 1.29 is 0 Å². The summed E-state index contributed by atoms with van der Waals surface area (Å²) in [7, 11) is 0. The van der Waals surface area contributed by atoms with Crippen molar-refractivity contribution in [2.75, 3.05) is 0 Å². The monoisotopic (exact) mass is 200 g/mol. The van der Waals surface area contributed by atoms with E-state index in [9.17, 15) is 0 Å². The van der Waals surface area contributed by atoms with Crippen molar-refractivity contribution in [3.8, 4) is 0 Å². The van der Waals surface area contributed by atoms with Crippen LogP contribution in [-0.4, -0.2) is 0 Å². The maximum absolute atomic E-state index is 3.75. The summed E-state index contributed by atoms with van der Waals surface area (Å²) in [5.41, 5.74) is 3.79. The Morgan fingerprint density at radius 2 is 1.80 bits per heavy atom. The maximum atomic E-state index is 3.75. The lowest BCUT2D eigenvalue weighted by atomic mass is 10.0. The van der Waals surface area contributed by atoms with E-state index in [4.69, 9.17) is 0 Å². The molecule has 0 radical (unpaired) electrons. The standard InChI is InChI=1S/C14H16.CH4/c1-4-6-13(7-5-2)14-10-8-12(3)9-11-14;/h4-6,8-11H,1-2,7H2,3H3;1H4/b13-6-;. The molecule has 1 aromatic carbocycles. The number of rotatable bonds is 4. The molecule has 0 amide bonds. The second-order valence-electron chi connectivity index (χ2n) is 3.29. The van der Waals surface area contributed by atoms with Crippen LogP contribution in [-0.2, 0) is 0 Å². The minimum Gasteiger partial charge on any atom is -0.103 e. The highest BCUT2D eigenvalue weighted by molar-refractivity contribution is 5.68. The summed E-state index contributed by atoms with van der Waals surface area (Å²) in [6.07, 6.45) is 6.65. The molecule has 0 N–H and O–H groups in total. The Kier molecular flexibility index (Phi) is 6.12. The molecule has 0 saturated heterocycles. The fraction of sp³-hybridized carbons (Fsp3) is 0.200. The molecule has 0 heterocycles. The molecule has 0 atom stereocenters. The molecular formula is C15H20. The van der Waals surface area contributed by atoms with Gasteiger partial charge in [-0.05, 0) is 24.5 Å². The van der Waals surface area contributed by atoms with Gasteiger partial charge in [0.15, 0.2) is 0 Å². The van der Waals surface area contributed by atoms with Gasteiger partial charge in [0.2, 0.25) is 0 Å². The van der Waals surface area contributed by atoms with Crippen LogP contribution in [0, 0.1) is 6.92 Å². The first-order valence-electron chi connectivity index (χ1n) is 4.77. The highest BCUT2D eigenvalue weighted by Gasteiger charge is 1.97. The van der Waals surface area contributed by atoms with Crippen molar-refractivity contribution in [1.29, 1.82) is 0 Å². The summed E-state index contributed by atoms with van der Waals surface area (Å²) in [6, 6.07) is 8.51. The van der Waals surface area contributed by atoms with Crippen LogP contribution in [0.5, 0.6) is 0 Å². The molecule has 0 aliphatic carbocycles. The van der Waals surface area contributed by atoms with Crippen molar-refractivity contribution in [3.63, 3.8) is 0 Å². The van der Waals surface area contributed by atoms with E-state index in [-0.39, 0.29) is 7.43 Å². The average molecular weight is 200 g/mol. The number of allylic oxidation sites excluding steroid dienone is 4. The van der Waals surface area contributed by atoms with E-state index < -0.39 is 0 Å². The Hall–Kier alpha value is -1.56. The zero-order valence-electron chi connectivity index (χ0n) is 8.66. The SMILES string of the molecule is C.C=C/C=C(/CC=C)c1ccc(C)cc1. The van der Waals surface area contributed by atoms with E-state index in [1.165, 1.54) is 16.7 Å². The van der Waals surface area contributed by atoms with E-state index in [2.05, 4.69) is 44.3 Å². The van der Waals surface area contributed by atoms with Crippen LogP contribution in [0.1, 0.15) is 25.0 Å². The van der Waals surface area contributed by atoms with E-state index in [1.54, 1.807) is 0 Å². The second kappa shape index (κ2) is 6.83. The van der Waals surface area contributed by atoms with Gasteiger partial charge in [-0.1, -0.05) is 62.1 Å². The number of aryl methyl sites for hydroxylation is 1. The van der Waals surface area contributed by atoms with E-state index in [1.807, 2.05) is 18.2 Å². The first-order valence-corrected chi connectivity index (χ1v) is 4.77. The van der Waals surface area contributed by atoms with Gasteiger partial charge in [0.1, 0.15) is 0 Å². The van der Waals surface area contributed by atoms with Crippen molar-refractivity contribution in [3.05, 3.63) is 66.8 Å². The second-order valence-corrected chi connectivity index (χ2v) is 3.29. The van der Waals surface area contributed by atoms with Gasteiger partial charge in [-0.25, -0.2) is 0 Å². The lowest BCUT2D eigenvalue weighted by Gasteiger charge is -2.04. The first kappa shape index (κ1) is 13.4. The van der Waals surface area contributed by atoms with Gasteiger partial charge in [-0.2, -0.15) is 0 Å². The van der Waals surface area contributed by atoms with E-state index in [0.29, 0.717) is 0 Å². The van der Waals surface area contributed by atoms with Crippen molar-refractivity contribution >= 4 is 5.57 Å². The Labute approximate surface area is 93.7 Å². The summed E-state index contributed by atoms with van der Waals surface area (Å²) < 4.78 is 0. The molecule has 0 heteroatoms. The van der Waals surface area contributed by atoms with Crippen molar-refractivity contribution in [2.45, 2.75) is 20.8 Å². The van der Waals surface area contributed by atoms with E-state index >= 15 is 0 Å². The zero-order valence-corrected chi connectivity index (χ0v) is 8.66. The fourth-order valence-corrected chi connectivity index (χ4v) is 1.35. The van der Waals surface area contributed by atoms with Gasteiger partial charge in [-0.3, -0.25) is 0 Å². The number of hydrogen-bond acceptors (Lipinski definition) is 0. The lowest BCUT2D eigenvalue weighted by Crippen LogP contribution is -1.83. The molecule has 0 aliphatic heterocycles. The molecule has 0 saturated carbocycles. The lowest BCUT2D eigenvalue weighted by molar-refractivity contribution is 1.38. The third-order valence-electron chi connectivity index (χ3n) is 2.11. The predicted molar refractivity (Wildman–Crippen MR) is 70.9 cm³/mol. The fourth-order valence-electron chi connectivity index (χ4n) is 1.35. The summed E-state index contributed by atoms with van der Waals surface area (Å²) in [4.78, 5) is 0. The predicted octanol–water partition coefficient (Wildman–Crippen LogP) is 4.78. The normalized spacial score (nSPS) is 10.3. The largest absolute Gasteiger partial charge is 0.103 e. The molecule has 1 aromatic rings. The summed E-state index contributed by atoms with van der Waals surface area (Å²) in [5, 5.41) is 0. The molecule has 1 rings (SSSR count). The quantitative estimate of drug-likeness (QED) is 0.485. The van der Waals surface area contributed by atoms with Crippen LogP contribution in [0.4, 0.5) is 0 Å². The average Bonchev–Trinajstić information content (AvgIpc) is 2.19. The molecule has 0 fully saturated rings. The molecule has 0 nitrogen and oxygen atoms in total. The minimum absolute atomic E-state index is 0. The molecular weight excluding hydrogens is 180 g/mol. The van der Waals surface area contributed by atoms with Crippen LogP contribution in [0.3, 0.4) is 0 Å². The van der Waals surface area contributed by atoms with Crippen LogP contribution in [0.25, 0.3) is 5.57 Å². The highest BCUT2D eigenvalue weighted by atomic mass is 14.0. The van der Waals surface area contributed by atoms with Gasteiger partial charge in [0.05, 0.1) is 0 Å². The maximum Gasteiger partial charge on any atom is -0.00942 e. The Morgan fingerprint density at radius 3 is 2.27 bits per heavy atom. The Bertz CT molecular complexity index is 339. The first-order chi connectivity index (χ1) is 6.77. The Balaban J connectivity index is 0.00000196. The van der Waals surface area contributed by atoms with Gasteiger partial charge in [0, 0.05) is 0 Å². The molecule has 0 unspecified atom stereocenters. The molecule has 0 aromatic heterocycles. The van der Waals surface area contributed by atoms with Crippen LogP contribution in [0.2, 0.25) is 0 Å². The van der Waals surface area contributed by atoms with Gasteiger partial charge < -0.3 is 0 Å². The van der Waals surface area contributed by atoms with Crippen molar-refractivity contribution in [1.82, 2.24) is 0 Å². The van der Waals surface area contributed by atoms with Gasteiger partial charge in [-0.15, -0.1) is 6.58 Å². The molecule has 0 aliphatic rings. The number of benzene rings is 1. The minimum atomic E-state index is 0. The summed E-state index contributed by atoms with van der Waals surface area (Å²) >= 11 is 0. The molecule has 15 heavy (non-hydrogen) atoms. The Morgan fingerprint density at radius 1 is 1.20 bits per heavy atom. The van der Waals surface area contributed by atoms with Gasteiger partial charge in [0.25, 0.3) is 0 Å². The van der Waals surface area contributed by atoms with Crippen LogP contribution < -0.4 is 0 Å². The van der Waals surface area contributed by atoms with Gasteiger partial charge >= 0.3 is 0 Å².